The Kier molecular flexibility index (Phi) is 3.21. The number of rotatable bonds is 3. The molecule has 0 radical (unpaired) electrons. The summed E-state index contributed by atoms with van der Waals surface area (Å²) in [6.07, 6.45) is 4.70. The molecule has 1 aromatic carbocycles. The van der Waals surface area contributed by atoms with Crippen molar-refractivity contribution in [2.45, 2.75) is 18.9 Å². The maximum atomic E-state index is 11.3. The average Bonchev–Trinajstić information content (AvgIpc) is 3.37. The van der Waals surface area contributed by atoms with Crippen LogP contribution in [0, 0.1) is 0 Å². The molecule has 0 spiro atoms. The van der Waals surface area contributed by atoms with Gasteiger partial charge in [0.15, 0.2) is 5.82 Å². The Morgan fingerprint density at radius 1 is 1.08 bits per heavy atom. The van der Waals surface area contributed by atoms with Gasteiger partial charge in [0, 0.05) is 38.4 Å². The van der Waals surface area contributed by atoms with Gasteiger partial charge in [0.2, 0.25) is 0 Å². The molecule has 2 aliphatic rings. The molecule has 128 valence electrons. The number of piperazine rings is 1. The van der Waals surface area contributed by atoms with Gasteiger partial charge in [-0.1, -0.05) is 0 Å². The third kappa shape index (κ3) is 2.44. The van der Waals surface area contributed by atoms with E-state index in [2.05, 4.69) is 20.3 Å². The van der Waals surface area contributed by atoms with Crippen molar-refractivity contribution in [3.05, 3.63) is 42.1 Å². The minimum absolute atomic E-state index is 0.274. The van der Waals surface area contributed by atoms with Gasteiger partial charge in [-0.05, 0) is 43.2 Å². The van der Waals surface area contributed by atoms with E-state index in [4.69, 9.17) is 4.98 Å². The maximum absolute atomic E-state index is 11.3. The average molecular weight is 336 g/mol. The highest BCUT2D eigenvalue weighted by molar-refractivity contribution is 5.94. The lowest BCUT2D eigenvalue weighted by Crippen LogP contribution is -2.47. The molecule has 2 aromatic heterocycles. The molecule has 2 fully saturated rings. The number of carbonyl (C=O) groups is 1. The third-order valence-corrected chi connectivity index (χ3v) is 5.36. The molecule has 1 aliphatic heterocycles. The van der Waals surface area contributed by atoms with Gasteiger partial charge in [-0.3, -0.25) is 4.90 Å². The highest BCUT2D eigenvalue weighted by Gasteiger charge is 2.31. The topological polar surface area (TPSA) is 61.1 Å². The fourth-order valence-corrected chi connectivity index (χ4v) is 3.87. The molecule has 0 atom stereocenters. The Bertz CT molecular complexity index is 968. The number of hydrogen-bond donors (Lipinski definition) is 1. The second-order valence-electron chi connectivity index (χ2n) is 6.96. The summed E-state index contributed by atoms with van der Waals surface area (Å²) in [5.74, 6) is 0.0337. The Morgan fingerprint density at radius 2 is 1.88 bits per heavy atom. The van der Waals surface area contributed by atoms with Gasteiger partial charge in [0.25, 0.3) is 0 Å². The van der Waals surface area contributed by atoms with Crippen molar-refractivity contribution in [3.8, 4) is 0 Å². The number of benzene rings is 1. The molecule has 5 rings (SSSR count). The van der Waals surface area contributed by atoms with Crippen molar-refractivity contribution in [3.63, 3.8) is 0 Å². The summed E-state index contributed by atoms with van der Waals surface area (Å²) >= 11 is 0. The molecule has 1 aliphatic carbocycles. The van der Waals surface area contributed by atoms with Crippen molar-refractivity contribution in [2.75, 3.05) is 31.1 Å². The van der Waals surface area contributed by atoms with E-state index in [1.807, 2.05) is 18.3 Å². The molecule has 0 unspecified atom stereocenters. The minimum atomic E-state index is -0.920. The zero-order valence-corrected chi connectivity index (χ0v) is 13.9. The number of aromatic carboxylic acids is 1. The molecule has 1 saturated carbocycles. The van der Waals surface area contributed by atoms with E-state index in [0.29, 0.717) is 0 Å². The molecule has 3 aromatic rings. The highest BCUT2D eigenvalue weighted by atomic mass is 16.4. The molecular weight excluding hydrogens is 316 g/mol. The monoisotopic (exact) mass is 336 g/mol. The highest BCUT2D eigenvalue weighted by Crippen LogP contribution is 2.30. The summed E-state index contributed by atoms with van der Waals surface area (Å²) in [6.45, 7) is 4.09. The molecule has 0 amide bonds. The second kappa shape index (κ2) is 5.46. The Balaban J connectivity index is 1.58. The van der Waals surface area contributed by atoms with Crippen LogP contribution in [0.3, 0.4) is 0 Å². The molecule has 6 heteroatoms. The molecule has 6 nitrogen and oxygen atoms in total. The zero-order chi connectivity index (χ0) is 17.0. The van der Waals surface area contributed by atoms with Crippen molar-refractivity contribution in [2.24, 2.45) is 0 Å². The van der Waals surface area contributed by atoms with Crippen molar-refractivity contribution in [1.82, 2.24) is 14.3 Å². The van der Waals surface area contributed by atoms with Crippen LogP contribution in [0.2, 0.25) is 0 Å². The molecule has 0 bridgehead atoms. The number of hydrogen-bond acceptors (Lipinski definition) is 4. The van der Waals surface area contributed by atoms with Crippen LogP contribution in [0.4, 0.5) is 5.82 Å². The predicted octanol–water partition coefficient (Wildman–Crippen LogP) is 2.47. The van der Waals surface area contributed by atoms with E-state index in [1.165, 1.54) is 12.8 Å². The molecule has 3 heterocycles. The number of aromatic nitrogens is 2. The zero-order valence-electron chi connectivity index (χ0n) is 13.9. The molecule has 25 heavy (non-hydrogen) atoms. The number of nitrogens with zero attached hydrogens (tertiary/aromatic N) is 4. The first kappa shape index (κ1) is 14.7. The van der Waals surface area contributed by atoms with Gasteiger partial charge in [-0.15, -0.1) is 0 Å². The third-order valence-electron chi connectivity index (χ3n) is 5.36. The van der Waals surface area contributed by atoms with Crippen LogP contribution >= 0.6 is 0 Å². The predicted molar refractivity (Wildman–Crippen MR) is 96.5 cm³/mol. The first-order valence-corrected chi connectivity index (χ1v) is 8.84. The Morgan fingerprint density at radius 3 is 2.60 bits per heavy atom. The molecular formula is C19H20N4O2. The second-order valence-corrected chi connectivity index (χ2v) is 6.96. The van der Waals surface area contributed by atoms with Crippen LogP contribution in [0.15, 0.2) is 36.5 Å². The van der Waals surface area contributed by atoms with Crippen LogP contribution in [-0.4, -0.2) is 57.6 Å². The van der Waals surface area contributed by atoms with Crippen LogP contribution in [0.5, 0.6) is 0 Å². The van der Waals surface area contributed by atoms with Crippen molar-refractivity contribution in [1.29, 1.82) is 0 Å². The van der Waals surface area contributed by atoms with Crippen LogP contribution in [0.25, 0.3) is 16.6 Å². The Labute approximate surface area is 145 Å². The van der Waals surface area contributed by atoms with Crippen LogP contribution in [0.1, 0.15) is 23.2 Å². The largest absolute Gasteiger partial charge is 0.478 e. The normalized spacial score (nSPS) is 19.0. The van der Waals surface area contributed by atoms with E-state index in [-0.39, 0.29) is 5.56 Å². The van der Waals surface area contributed by atoms with E-state index >= 15 is 0 Å². The fraction of sp³-hybridized carbons (Fsp3) is 0.368. The lowest BCUT2D eigenvalue weighted by molar-refractivity contribution is 0.0697. The van der Waals surface area contributed by atoms with E-state index in [9.17, 15) is 9.90 Å². The van der Waals surface area contributed by atoms with Gasteiger partial charge in [-0.25, -0.2) is 9.78 Å². The van der Waals surface area contributed by atoms with E-state index in [0.717, 1.165) is 54.6 Å². The number of fused-ring (bicyclic) bond motifs is 3. The van der Waals surface area contributed by atoms with Crippen LogP contribution < -0.4 is 4.90 Å². The standard InChI is InChI=1S/C19H20N4O2/c24-19(25)13-3-6-16-15(12-13)20-18(17-2-1-7-23(16)17)22-10-8-21(9-11-22)14-4-5-14/h1-3,6-7,12,14H,4-5,8-11H2,(H,24,25). The minimum Gasteiger partial charge on any atom is -0.478 e. The lowest BCUT2D eigenvalue weighted by atomic mass is 10.2. The van der Waals surface area contributed by atoms with Crippen molar-refractivity contribution < 1.29 is 9.90 Å². The van der Waals surface area contributed by atoms with E-state index < -0.39 is 5.97 Å². The summed E-state index contributed by atoms with van der Waals surface area (Å²) < 4.78 is 2.11. The van der Waals surface area contributed by atoms with Gasteiger partial charge in [-0.2, -0.15) is 0 Å². The molecule has 1 saturated heterocycles. The lowest BCUT2D eigenvalue weighted by Gasteiger charge is -2.35. The number of carboxylic acid groups (broad SMARTS) is 1. The summed E-state index contributed by atoms with van der Waals surface area (Å²) in [4.78, 5) is 21.1. The summed E-state index contributed by atoms with van der Waals surface area (Å²) in [5.41, 5.74) is 3.01. The van der Waals surface area contributed by atoms with Gasteiger partial charge in [0.1, 0.15) is 0 Å². The Hall–Kier alpha value is -2.60. The molecule has 1 N–H and O–H groups in total. The van der Waals surface area contributed by atoms with Gasteiger partial charge >= 0.3 is 5.97 Å². The van der Waals surface area contributed by atoms with Gasteiger partial charge < -0.3 is 14.4 Å². The first-order chi connectivity index (χ1) is 12.2. The van der Waals surface area contributed by atoms with E-state index in [1.54, 1.807) is 12.1 Å². The fourth-order valence-electron chi connectivity index (χ4n) is 3.87. The summed E-state index contributed by atoms with van der Waals surface area (Å²) in [7, 11) is 0. The first-order valence-electron chi connectivity index (χ1n) is 8.84. The SMILES string of the molecule is O=C(O)c1ccc2c(c1)nc(N1CCN(C3CC3)CC1)c1cccn12. The summed E-state index contributed by atoms with van der Waals surface area (Å²) in [5, 5.41) is 9.27. The maximum Gasteiger partial charge on any atom is 0.335 e. The smallest absolute Gasteiger partial charge is 0.335 e. The van der Waals surface area contributed by atoms with Crippen LogP contribution in [-0.2, 0) is 0 Å². The summed E-state index contributed by atoms with van der Waals surface area (Å²) in [6, 6.07) is 10.1. The quantitative estimate of drug-likeness (QED) is 0.796. The number of anilines is 1. The van der Waals surface area contributed by atoms with Crippen molar-refractivity contribution >= 4 is 28.3 Å². The van der Waals surface area contributed by atoms with Gasteiger partial charge in [0.05, 0.1) is 22.1 Å². The number of carboxylic acids is 1.